The van der Waals surface area contributed by atoms with Crippen molar-refractivity contribution >= 4 is 33.0 Å². The van der Waals surface area contributed by atoms with Crippen molar-refractivity contribution < 1.29 is 32.7 Å². The number of aryl methyl sites for hydroxylation is 1. The van der Waals surface area contributed by atoms with Gasteiger partial charge in [-0.1, -0.05) is 171 Å². The van der Waals surface area contributed by atoms with Gasteiger partial charge in [0.1, 0.15) is 5.58 Å². The van der Waals surface area contributed by atoms with E-state index in [1.165, 1.54) is 40.2 Å². The first-order valence-corrected chi connectivity index (χ1v) is 25.5. The summed E-state index contributed by atoms with van der Waals surface area (Å²) < 4.78 is 56.9. The average molecular weight is 1140 g/mol. The number of aromatic nitrogens is 4. The van der Waals surface area contributed by atoms with E-state index in [1.54, 1.807) is 18.2 Å². The number of nitrogens with zero attached hydrogens (tertiary/aromatic N) is 4. The van der Waals surface area contributed by atoms with E-state index in [9.17, 15) is 1.37 Å². The number of fused-ring (bicyclic) bond motifs is 4. The van der Waals surface area contributed by atoms with Gasteiger partial charge in [-0.2, -0.15) is 0 Å². The zero-order valence-electron chi connectivity index (χ0n) is 49.4. The molecule has 5 nitrogen and oxygen atoms in total. The van der Waals surface area contributed by atoms with E-state index in [-0.39, 0.29) is 37.6 Å². The Bertz CT molecular complexity index is 3740. The second-order valence-electron chi connectivity index (χ2n) is 21.9. The maximum Gasteiger partial charge on any atom is 0.121 e. The predicted molar refractivity (Wildman–Crippen MR) is 301 cm³/mol. The van der Waals surface area contributed by atoms with Crippen molar-refractivity contribution in [2.45, 2.75) is 119 Å². The van der Waals surface area contributed by atoms with E-state index in [1.807, 2.05) is 32.9 Å². The Morgan fingerprint density at radius 3 is 2.10 bits per heavy atom. The van der Waals surface area contributed by atoms with Gasteiger partial charge in [-0.15, -0.1) is 35.9 Å². The molecule has 1 aliphatic carbocycles. The topological polar surface area (TPSA) is 56.7 Å². The number of pyridine rings is 2. The maximum absolute atomic E-state index is 9.37. The van der Waals surface area contributed by atoms with Gasteiger partial charge in [0.15, 0.2) is 0 Å². The van der Waals surface area contributed by atoms with Crippen molar-refractivity contribution in [3.63, 3.8) is 0 Å². The largest absolute Gasteiger partial charge is 0.501 e. The number of benzene rings is 6. The van der Waals surface area contributed by atoms with Crippen LogP contribution in [0.3, 0.4) is 0 Å². The summed E-state index contributed by atoms with van der Waals surface area (Å²) in [4.78, 5) is 13.5. The molecule has 4 aromatic heterocycles. The van der Waals surface area contributed by atoms with Crippen molar-refractivity contribution in [2.24, 2.45) is 10.8 Å². The van der Waals surface area contributed by atoms with Gasteiger partial charge in [0.05, 0.1) is 22.4 Å². The van der Waals surface area contributed by atoms with E-state index in [0.717, 1.165) is 86.7 Å². The first-order valence-electron chi connectivity index (χ1n) is 28.5. The van der Waals surface area contributed by atoms with Gasteiger partial charge in [-0.05, 0) is 153 Å². The number of rotatable bonds is 9. The molecule has 6 aromatic carbocycles. The molecular weight excluding hydrogens is 1070 g/mol. The van der Waals surface area contributed by atoms with E-state index in [4.69, 9.17) is 16.3 Å². The fraction of sp³-hybridized carbons (Fsp3) is 0.299. The molecule has 0 N–H and O–H groups in total. The van der Waals surface area contributed by atoms with Crippen LogP contribution in [0.1, 0.15) is 142 Å². The Morgan fingerprint density at radius 2 is 1.45 bits per heavy atom. The zero-order chi connectivity index (χ0) is 55.5. The smallest absolute Gasteiger partial charge is 0.121 e. The summed E-state index contributed by atoms with van der Waals surface area (Å²) in [6, 6.07) is 53.2. The summed E-state index contributed by atoms with van der Waals surface area (Å²) in [6.45, 7) is 17.1. The summed E-state index contributed by atoms with van der Waals surface area (Å²) in [5, 5.41) is 2.14. The van der Waals surface area contributed by atoms with Crippen LogP contribution in [-0.2, 0) is 26.5 Å². The molecule has 1 radical (unpaired) electrons. The summed E-state index contributed by atoms with van der Waals surface area (Å²) in [5.74, 6) is 0.800. The molecule has 6 heteroatoms. The van der Waals surface area contributed by atoms with Crippen LogP contribution >= 0.6 is 0 Å². The van der Waals surface area contributed by atoms with Gasteiger partial charge in [-0.3, -0.25) is 4.98 Å². The first-order chi connectivity index (χ1) is 36.9. The van der Waals surface area contributed by atoms with Gasteiger partial charge in [-0.25, -0.2) is 0 Å². The number of para-hydroxylation sites is 2. The molecule has 1 saturated carbocycles. The van der Waals surface area contributed by atoms with Gasteiger partial charge in [0.2, 0.25) is 0 Å². The van der Waals surface area contributed by atoms with Crippen molar-refractivity contribution in [1.29, 1.82) is 0 Å². The molecule has 0 aliphatic heterocycles. The summed E-state index contributed by atoms with van der Waals surface area (Å²) in [6.07, 6.45) is 6.70. The van der Waals surface area contributed by atoms with Crippen molar-refractivity contribution in [1.82, 2.24) is 19.5 Å². The molecule has 0 atom stereocenters. The van der Waals surface area contributed by atoms with Crippen molar-refractivity contribution in [2.75, 3.05) is 0 Å². The Hall–Kier alpha value is -6.46. The Kier molecular flexibility index (Phi) is 12.8. The van der Waals surface area contributed by atoms with Crippen LogP contribution in [0.25, 0.3) is 83.6 Å². The number of furan rings is 1. The number of imidazole rings is 1. The predicted octanol–water partition coefficient (Wildman–Crippen LogP) is 18.5. The Morgan fingerprint density at radius 1 is 0.767 bits per heavy atom. The third kappa shape index (κ3) is 11.1. The van der Waals surface area contributed by atoms with Crippen LogP contribution in [0.4, 0.5) is 0 Å². The average Bonchev–Trinajstić information content (AvgIpc) is 4.19. The molecular formula is C67H68IrN4O-2. The van der Waals surface area contributed by atoms with Crippen LogP contribution in [-0.4, -0.2) is 19.5 Å². The number of hydrogen-bond acceptors (Lipinski definition) is 4. The quantitative estimate of drug-likeness (QED) is 0.135. The number of hydrogen-bond donors (Lipinski definition) is 0. The zero-order valence-corrected chi connectivity index (χ0v) is 45.8. The second kappa shape index (κ2) is 21.2. The van der Waals surface area contributed by atoms with Crippen molar-refractivity contribution in [3.8, 4) is 50.6 Å². The molecule has 10 aromatic rings. The van der Waals surface area contributed by atoms with Crippen LogP contribution in [0, 0.1) is 29.9 Å². The third-order valence-electron chi connectivity index (χ3n) is 14.1. The van der Waals surface area contributed by atoms with Gasteiger partial charge >= 0.3 is 0 Å². The second-order valence-corrected chi connectivity index (χ2v) is 21.9. The normalized spacial score (nSPS) is 15.9. The molecule has 0 amide bonds. The molecule has 73 heavy (non-hydrogen) atoms. The van der Waals surface area contributed by atoms with Gasteiger partial charge in [0, 0.05) is 45.6 Å². The minimum absolute atomic E-state index is 0. The molecule has 11 rings (SSSR count). The van der Waals surface area contributed by atoms with Crippen molar-refractivity contribution in [3.05, 3.63) is 192 Å². The summed E-state index contributed by atoms with van der Waals surface area (Å²) in [7, 11) is 0. The van der Waals surface area contributed by atoms with Gasteiger partial charge < -0.3 is 19.0 Å². The third-order valence-corrected chi connectivity index (χ3v) is 14.1. The van der Waals surface area contributed by atoms with Crippen LogP contribution in [0.2, 0.25) is 0 Å². The van der Waals surface area contributed by atoms with E-state index in [0.29, 0.717) is 22.2 Å². The summed E-state index contributed by atoms with van der Waals surface area (Å²) >= 11 is 0. The minimum atomic E-state index is -2.25. The monoisotopic (exact) mass is 1140 g/mol. The van der Waals surface area contributed by atoms with E-state index in [2.05, 4.69) is 178 Å². The standard InChI is InChI=1S/C51H49N2O.C16H19N2.Ir/c1-32(2)43-29-39(36-21-19-35(20-22-36)37-25-27-51(5,6)28-26-37)30-44(33(3)4)48(43)53-46-18-11-10-17-45(46)52-50(53)42-16-12-15-41-40-24-23-38(31-47(40)54-49(41)42)34-13-8-7-9-14-34;1-12-5-7-14(11-17-12)15-8-6-13(10-18-15)9-16(2,3)4;/h7-15,17-24,29-33,37H,25-28H2,1-6H3;5-8,10H,9H2,1-4H3;/q2*-1;/i37D;1D3,9D2;. The first kappa shape index (κ1) is 44.1. The maximum atomic E-state index is 9.37. The van der Waals surface area contributed by atoms with Crippen LogP contribution in [0.5, 0.6) is 0 Å². The molecule has 0 bridgehead atoms. The molecule has 0 unspecified atom stereocenters. The molecule has 0 saturated heterocycles. The van der Waals surface area contributed by atoms with Crippen LogP contribution in [0.15, 0.2) is 156 Å². The molecule has 0 spiro atoms. The van der Waals surface area contributed by atoms with Gasteiger partial charge in [0.25, 0.3) is 0 Å². The fourth-order valence-electron chi connectivity index (χ4n) is 10.1. The van der Waals surface area contributed by atoms with E-state index >= 15 is 0 Å². The molecule has 373 valence electrons. The SMILES string of the molecule is [2H]C([2H])([2H])c1ccc(-c2ccc(C([2H])([2H])C(C)(C)C)cn2)[c-]n1.[2H]C1(c2ccc(-c3cc(C(C)C)c(-n4c(-c5[c-]ccc6c5oc5cc(-c7ccccc7)ccc56)nc5ccccc54)c(C(C)C)c3)cc2)CCC(C)(C)CC1.[Ir]. The summed E-state index contributed by atoms with van der Waals surface area (Å²) in [5.41, 5.74) is 15.4. The fourth-order valence-corrected chi connectivity index (χ4v) is 10.1. The molecule has 1 aliphatic rings. The Balaban J connectivity index is 0.000000266. The minimum Gasteiger partial charge on any atom is -0.501 e. The molecule has 4 heterocycles. The van der Waals surface area contributed by atoms with Crippen LogP contribution < -0.4 is 0 Å². The Labute approximate surface area is 455 Å². The van der Waals surface area contributed by atoms with E-state index < -0.39 is 24.5 Å². The molecule has 1 fully saturated rings.